The van der Waals surface area contributed by atoms with Crippen LogP contribution >= 0.6 is 0 Å². The number of hydrogen-bond donors (Lipinski definition) is 1. The Morgan fingerprint density at radius 1 is 1.38 bits per heavy atom. The van der Waals surface area contributed by atoms with Gasteiger partial charge < -0.3 is 5.32 Å². The van der Waals surface area contributed by atoms with Crippen molar-refractivity contribution in [2.24, 2.45) is 10.3 Å². The Morgan fingerprint density at radius 2 is 2.19 bits per heavy atom. The Bertz CT molecular complexity index is 650. The lowest BCUT2D eigenvalue weighted by atomic mass is 9.94. The number of anilines is 1. The molecule has 1 aliphatic carbocycles. The van der Waals surface area contributed by atoms with Crippen molar-refractivity contribution in [3.63, 3.8) is 0 Å². The van der Waals surface area contributed by atoms with Gasteiger partial charge in [0.15, 0.2) is 0 Å². The van der Waals surface area contributed by atoms with Crippen LogP contribution < -0.4 is 5.32 Å². The molecule has 5 heteroatoms. The number of nitrogens with zero attached hydrogens (tertiary/aromatic N) is 1. The third kappa shape index (κ3) is 5.34. The van der Waals surface area contributed by atoms with Crippen LogP contribution in [0, 0.1) is 5.92 Å². The Hall–Kier alpha value is -1.62. The third-order valence-electron chi connectivity index (χ3n) is 3.38. The second kappa shape index (κ2) is 6.89. The minimum absolute atomic E-state index is 0.422. The Morgan fingerprint density at radius 3 is 2.86 bits per heavy atom. The molecule has 0 aliphatic heterocycles. The predicted molar refractivity (Wildman–Crippen MR) is 88.2 cm³/mol. The molecular formula is C16H22N2O2S. The monoisotopic (exact) mass is 306 g/mol. The quantitative estimate of drug-likeness (QED) is 0.868. The van der Waals surface area contributed by atoms with Crippen molar-refractivity contribution in [2.75, 3.05) is 24.4 Å². The van der Waals surface area contributed by atoms with E-state index in [1.165, 1.54) is 18.9 Å². The van der Waals surface area contributed by atoms with E-state index < -0.39 is 15.6 Å². The zero-order chi connectivity index (χ0) is 15.3. The summed E-state index contributed by atoms with van der Waals surface area (Å²) in [6.07, 6.45) is 10.8. The van der Waals surface area contributed by atoms with Crippen molar-refractivity contribution >= 4 is 21.3 Å². The van der Waals surface area contributed by atoms with E-state index in [0.29, 0.717) is 11.5 Å². The molecule has 0 spiro atoms. The first-order valence-corrected chi connectivity index (χ1v) is 9.47. The number of allylic oxidation sites excluding steroid dienone is 2. The van der Waals surface area contributed by atoms with Gasteiger partial charge >= 0.3 is 0 Å². The summed E-state index contributed by atoms with van der Waals surface area (Å²) >= 11 is 0. The first kappa shape index (κ1) is 15.8. The van der Waals surface area contributed by atoms with E-state index in [1.807, 2.05) is 12.1 Å². The first-order valence-electron chi connectivity index (χ1n) is 7.14. The molecule has 0 aromatic heterocycles. The fraction of sp³-hybridized carbons (Fsp3) is 0.438. The van der Waals surface area contributed by atoms with Crippen molar-refractivity contribution in [1.82, 2.24) is 0 Å². The standard InChI is InChI=1S/C16H22N2O2S/c1-21(2,20)18-16(19)14-9-6-10-15(11-14)17-12-13-7-4-3-5-8-13/h3-4,6,9-11,13,17H,5,7-8,12H2,1-2H3. The number of benzene rings is 1. The number of carbonyl (C=O) groups is 1. The molecule has 1 amide bonds. The van der Waals surface area contributed by atoms with Gasteiger partial charge in [-0.2, -0.15) is 4.36 Å². The van der Waals surface area contributed by atoms with Crippen LogP contribution in [-0.4, -0.2) is 29.2 Å². The molecule has 0 heterocycles. The first-order chi connectivity index (χ1) is 9.94. The van der Waals surface area contributed by atoms with Crippen molar-refractivity contribution in [1.29, 1.82) is 0 Å². The Kier molecular flexibility index (Phi) is 5.17. The molecule has 0 saturated heterocycles. The van der Waals surface area contributed by atoms with E-state index in [2.05, 4.69) is 21.8 Å². The van der Waals surface area contributed by atoms with Gasteiger partial charge in [0.1, 0.15) is 0 Å². The molecule has 0 radical (unpaired) electrons. The number of amides is 1. The number of carbonyl (C=O) groups excluding carboxylic acids is 1. The maximum Gasteiger partial charge on any atom is 0.285 e. The Balaban J connectivity index is 2.02. The van der Waals surface area contributed by atoms with Crippen molar-refractivity contribution in [2.45, 2.75) is 19.3 Å². The second-order valence-corrected chi connectivity index (χ2v) is 8.23. The lowest BCUT2D eigenvalue weighted by Crippen LogP contribution is -2.15. The molecule has 1 aromatic rings. The molecule has 114 valence electrons. The van der Waals surface area contributed by atoms with Gasteiger partial charge in [-0.1, -0.05) is 18.2 Å². The smallest absolute Gasteiger partial charge is 0.285 e. The summed E-state index contributed by atoms with van der Waals surface area (Å²) in [6.45, 7) is 0.900. The SMILES string of the molecule is CS(C)(=O)=NC(=O)c1cccc(NCC2CC=CCC2)c1. The molecule has 21 heavy (non-hydrogen) atoms. The van der Waals surface area contributed by atoms with Crippen LogP contribution in [0.5, 0.6) is 0 Å². The highest BCUT2D eigenvalue weighted by Gasteiger charge is 2.10. The van der Waals surface area contributed by atoms with Gasteiger partial charge in [0.2, 0.25) is 0 Å². The molecule has 0 fully saturated rings. The Labute approximate surface area is 126 Å². The third-order valence-corrected chi connectivity index (χ3v) is 3.99. The van der Waals surface area contributed by atoms with E-state index in [9.17, 15) is 9.00 Å². The van der Waals surface area contributed by atoms with Crippen molar-refractivity contribution < 1.29 is 9.00 Å². The fourth-order valence-corrected chi connectivity index (χ4v) is 2.82. The van der Waals surface area contributed by atoms with Crippen molar-refractivity contribution in [3.05, 3.63) is 42.0 Å². The van der Waals surface area contributed by atoms with Gasteiger partial charge in [0.25, 0.3) is 5.91 Å². The summed E-state index contributed by atoms with van der Waals surface area (Å²) in [4.78, 5) is 11.9. The van der Waals surface area contributed by atoms with Gasteiger partial charge in [-0.15, -0.1) is 0 Å². The zero-order valence-corrected chi connectivity index (χ0v) is 13.4. The van der Waals surface area contributed by atoms with Gasteiger partial charge in [-0.25, -0.2) is 4.21 Å². The summed E-state index contributed by atoms with van der Waals surface area (Å²) < 4.78 is 15.3. The van der Waals surface area contributed by atoms with Crippen molar-refractivity contribution in [3.8, 4) is 0 Å². The average molecular weight is 306 g/mol. The van der Waals surface area contributed by atoms with Gasteiger partial charge in [-0.3, -0.25) is 4.79 Å². The maximum atomic E-state index is 11.9. The molecule has 1 aromatic carbocycles. The molecule has 0 saturated carbocycles. The molecular weight excluding hydrogens is 284 g/mol. The molecule has 2 rings (SSSR count). The highest BCUT2D eigenvalue weighted by Crippen LogP contribution is 2.19. The number of rotatable bonds is 4. The average Bonchev–Trinajstić information content (AvgIpc) is 2.45. The number of hydrogen-bond acceptors (Lipinski definition) is 3. The summed E-state index contributed by atoms with van der Waals surface area (Å²) in [5.41, 5.74) is 1.38. The molecule has 1 aliphatic rings. The largest absolute Gasteiger partial charge is 0.385 e. The van der Waals surface area contributed by atoms with E-state index in [1.54, 1.807) is 12.1 Å². The lowest BCUT2D eigenvalue weighted by molar-refractivity contribution is 0.100. The molecule has 1 N–H and O–H groups in total. The van der Waals surface area contributed by atoms with E-state index >= 15 is 0 Å². The predicted octanol–water partition coefficient (Wildman–Crippen LogP) is 3.32. The van der Waals surface area contributed by atoms with E-state index in [-0.39, 0.29) is 0 Å². The van der Waals surface area contributed by atoms with Gasteiger partial charge in [-0.05, 0) is 43.4 Å². The fourth-order valence-electron chi connectivity index (χ4n) is 2.32. The van der Waals surface area contributed by atoms with Gasteiger partial charge in [0.05, 0.1) is 0 Å². The summed E-state index contributed by atoms with van der Waals surface area (Å²) in [6, 6.07) is 7.23. The lowest BCUT2D eigenvalue weighted by Gasteiger charge is -2.18. The van der Waals surface area contributed by atoms with Crippen LogP contribution in [0.15, 0.2) is 40.8 Å². The van der Waals surface area contributed by atoms with Crippen LogP contribution in [0.2, 0.25) is 0 Å². The molecule has 1 atom stereocenters. The zero-order valence-electron chi connectivity index (χ0n) is 12.5. The molecule has 0 bridgehead atoms. The minimum Gasteiger partial charge on any atom is -0.385 e. The number of nitrogens with one attached hydrogen (secondary N) is 1. The minimum atomic E-state index is -2.42. The molecule has 4 nitrogen and oxygen atoms in total. The van der Waals surface area contributed by atoms with Crippen LogP contribution in [0.3, 0.4) is 0 Å². The van der Waals surface area contributed by atoms with Crippen LogP contribution in [0.4, 0.5) is 5.69 Å². The highest BCUT2D eigenvalue weighted by molar-refractivity contribution is 7.92. The van der Waals surface area contributed by atoms with Crippen LogP contribution in [0.1, 0.15) is 29.6 Å². The highest BCUT2D eigenvalue weighted by atomic mass is 32.2. The summed E-state index contributed by atoms with van der Waals surface area (Å²) in [5, 5.41) is 3.37. The normalized spacial score (nSPS) is 18.3. The second-order valence-electron chi connectivity index (χ2n) is 5.69. The van der Waals surface area contributed by atoms with Crippen LogP contribution in [-0.2, 0) is 9.73 Å². The van der Waals surface area contributed by atoms with E-state index in [4.69, 9.17) is 0 Å². The maximum absolute atomic E-state index is 11.9. The summed E-state index contributed by atoms with van der Waals surface area (Å²) in [5.74, 6) is 0.221. The topological polar surface area (TPSA) is 58.5 Å². The van der Waals surface area contributed by atoms with Gasteiger partial charge in [0, 0.05) is 40.0 Å². The van der Waals surface area contributed by atoms with E-state index in [0.717, 1.165) is 25.1 Å². The summed E-state index contributed by atoms with van der Waals surface area (Å²) in [7, 11) is -2.42. The van der Waals surface area contributed by atoms with Crippen LogP contribution in [0.25, 0.3) is 0 Å². The molecule has 1 unspecified atom stereocenters.